The van der Waals surface area contributed by atoms with Crippen LogP contribution in [-0.4, -0.2) is 33.3 Å². The predicted octanol–water partition coefficient (Wildman–Crippen LogP) is 2.96. The zero-order valence-corrected chi connectivity index (χ0v) is 13.8. The van der Waals surface area contributed by atoms with E-state index in [2.05, 4.69) is 23.4 Å². The molecular formula is C14H23N3OS2. The molecule has 1 spiro atoms. The molecule has 3 rings (SSSR count). The van der Waals surface area contributed by atoms with Crippen LogP contribution in [0.1, 0.15) is 55.6 Å². The number of rotatable bonds is 3. The molecule has 1 aromatic rings. The normalized spacial score (nSPS) is 32.1. The summed E-state index contributed by atoms with van der Waals surface area (Å²) in [7, 11) is 0. The first-order chi connectivity index (χ1) is 9.61. The largest absolute Gasteiger partial charge is 0.374 e. The molecule has 20 heavy (non-hydrogen) atoms. The van der Waals surface area contributed by atoms with E-state index in [1.54, 1.807) is 0 Å². The van der Waals surface area contributed by atoms with E-state index in [0.29, 0.717) is 11.8 Å². The average molecular weight is 313 g/mol. The first-order valence-electron chi connectivity index (χ1n) is 7.41. The Labute approximate surface area is 129 Å². The fourth-order valence-electron chi connectivity index (χ4n) is 3.29. The Morgan fingerprint density at radius 1 is 1.45 bits per heavy atom. The lowest BCUT2D eigenvalue weighted by molar-refractivity contribution is -0.0833. The van der Waals surface area contributed by atoms with Gasteiger partial charge < -0.3 is 10.5 Å². The molecule has 3 atom stereocenters. The van der Waals surface area contributed by atoms with Gasteiger partial charge in [0.05, 0.1) is 16.2 Å². The molecule has 3 unspecified atom stereocenters. The molecule has 2 aliphatic rings. The van der Waals surface area contributed by atoms with Crippen LogP contribution in [0.2, 0.25) is 0 Å². The molecule has 1 aromatic heterocycles. The predicted molar refractivity (Wildman–Crippen MR) is 84.3 cm³/mol. The van der Waals surface area contributed by atoms with Crippen LogP contribution in [0.15, 0.2) is 0 Å². The summed E-state index contributed by atoms with van der Waals surface area (Å²) in [5, 5.41) is 4.27. The van der Waals surface area contributed by atoms with Gasteiger partial charge in [0, 0.05) is 18.4 Å². The van der Waals surface area contributed by atoms with Crippen LogP contribution < -0.4 is 5.73 Å². The summed E-state index contributed by atoms with van der Waals surface area (Å²) < 4.78 is 10.2. The number of aromatic nitrogens is 2. The lowest BCUT2D eigenvalue weighted by atomic mass is 9.80. The van der Waals surface area contributed by atoms with Gasteiger partial charge in [-0.3, -0.25) is 0 Å². The molecular weight excluding hydrogens is 290 g/mol. The first-order valence-corrected chi connectivity index (χ1v) is 9.33. The Balaban J connectivity index is 1.76. The van der Waals surface area contributed by atoms with Crippen molar-refractivity contribution in [1.29, 1.82) is 0 Å². The van der Waals surface area contributed by atoms with Crippen molar-refractivity contribution in [2.24, 2.45) is 11.7 Å². The Morgan fingerprint density at radius 3 is 3.00 bits per heavy atom. The fraction of sp³-hybridized carbons (Fsp3) is 0.857. The summed E-state index contributed by atoms with van der Waals surface area (Å²) in [6, 6.07) is 0.0683. The van der Waals surface area contributed by atoms with Crippen LogP contribution in [0.4, 0.5) is 0 Å². The minimum Gasteiger partial charge on any atom is -0.374 e. The SMILES string of the molecule is CC(C)c1nnsc1C(N)C1CCOC2(CCSC2)C1. The smallest absolute Gasteiger partial charge is 0.0829 e. The van der Waals surface area contributed by atoms with Crippen LogP contribution in [0.25, 0.3) is 0 Å². The zero-order chi connectivity index (χ0) is 14.2. The topological polar surface area (TPSA) is 61.0 Å². The summed E-state index contributed by atoms with van der Waals surface area (Å²) >= 11 is 3.49. The second-order valence-corrected chi connectivity index (χ2v) is 8.18. The second kappa shape index (κ2) is 5.91. The molecule has 0 aromatic carbocycles. The molecule has 112 valence electrons. The van der Waals surface area contributed by atoms with Crippen molar-refractivity contribution >= 4 is 23.3 Å². The minimum absolute atomic E-state index is 0.0683. The monoisotopic (exact) mass is 313 g/mol. The standard InChI is InChI=1S/C14H23N3OS2/c1-9(2)12-13(20-17-16-12)11(15)10-3-5-18-14(7-10)4-6-19-8-14/h9-11H,3-8,15H2,1-2H3. The van der Waals surface area contributed by atoms with Crippen LogP contribution in [-0.2, 0) is 4.74 Å². The zero-order valence-electron chi connectivity index (χ0n) is 12.2. The molecule has 6 heteroatoms. The van der Waals surface area contributed by atoms with E-state index in [0.717, 1.165) is 30.9 Å². The number of hydrogen-bond acceptors (Lipinski definition) is 6. The summed E-state index contributed by atoms with van der Waals surface area (Å²) in [6.07, 6.45) is 3.33. The van der Waals surface area contributed by atoms with Gasteiger partial charge in [-0.15, -0.1) is 5.10 Å². The highest BCUT2D eigenvalue weighted by Gasteiger charge is 2.42. The highest BCUT2D eigenvalue weighted by Crippen LogP contribution is 2.44. The summed E-state index contributed by atoms with van der Waals surface area (Å²) in [5.41, 5.74) is 7.76. The molecule has 0 bridgehead atoms. The third-order valence-electron chi connectivity index (χ3n) is 4.50. The summed E-state index contributed by atoms with van der Waals surface area (Å²) in [5.74, 6) is 3.25. The van der Waals surface area contributed by atoms with E-state index < -0.39 is 0 Å². The molecule has 2 fully saturated rings. The van der Waals surface area contributed by atoms with Gasteiger partial charge in [-0.1, -0.05) is 18.3 Å². The Hall–Kier alpha value is -0.170. The highest BCUT2D eigenvalue weighted by atomic mass is 32.2. The van der Waals surface area contributed by atoms with Crippen molar-refractivity contribution in [3.8, 4) is 0 Å². The lowest BCUT2D eigenvalue weighted by Crippen LogP contribution is -2.42. The molecule has 0 saturated carbocycles. The molecule has 4 nitrogen and oxygen atoms in total. The molecule has 0 aliphatic carbocycles. The van der Waals surface area contributed by atoms with E-state index in [1.165, 1.54) is 28.6 Å². The maximum atomic E-state index is 6.57. The number of thioether (sulfide) groups is 1. The second-order valence-electron chi connectivity index (χ2n) is 6.29. The van der Waals surface area contributed by atoms with Crippen molar-refractivity contribution in [3.05, 3.63) is 10.6 Å². The van der Waals surface area contributed by atoms with E-state index in [1.807, 2.05) is 11.8 Å². The number of ether oxygens (including phenoxy) is 1. The Bertz CT molecular complexity index is 457. The van der Waals surface area contributed by atoms with Crippen molar-refractivity contribution in [1.82, 2.24) is 9.59 Å². The number of nitrogens with two attached hydrogens (primary N) is 1. The van der Waals surface area contributed by atoms with Gasteiger partial charge in [0.1, 0.15) is 0 Å². The van der Waals surface area contributed by atoms with Crippen molar-refractivity contribution in [2.75, 3.05) is 18.1 Å². The third-order valence-corrected chi connectivity index (χ3v) is 6.56. The molecule has 2 saturated heterocycles. The van der Waals surface area contributed by atoms with Crippen LogP contribution in [0.5, 0.6) is 0 Å². The van der Waals surface area contributed by atoms with Gasteiger partial charge >= 0.3 is 0 Å². The fourth-order valence-corrected chi connectivity index (χ4v) is 5.56. The summed E-state index contributed by atoms with van der Waals surface area (Å²) in [4.78, 5) is 1.19. The van der Waals surface area contributed by atoms with E-state index in [-0.39, 0.29) is 11.6 Å². The Morgan fingerprint density at radius 2 is 2.30 bits per heavy atom. The first kappa shape index (κ1) is 14.8. The van der Waals surface area contributed by atoms with Gasteiger partial charge in [-0.25, -0.2) is 0 Å². The third kappa shape index (κ3) is 2.75. The van der Waals surface area contributed by atoms with Crippen molar-refractivity contribution < 1.29 is 4.74 Å². The average Bonchev–Trinajstić information content (AvgIpc) is 3.07. The number of hydrogen-bond donors (Lipinski definition) is 1. The molecule has 2 aliphatic heterocycles. The molecule has 2 N–H and O–H groups in total. The van der Waals surface area contributed by atoms with Gasteiger partial charge in [0.15, 0.2) is 0 Å². The van der Waals surface area contributed by atoms with Gasteiger partial charge in [-0.2, -0.15) is 11.8 Å². The van der Waals surface area contributed by atoms with Crippen molar-refractivity contribution in [2.45, 2.75) is 50.7 Å². The van der Waals surface area contributed by atoms with Crippen LogP contribution in [0, 0.1) is 5.92 Å². The van der Waals surface area contributed by atoms with E-state index >= 15 is 0 Å². The number of nitrogens with zero attached hydrogens (tertiary/aromatic N) is 2. The lowest BCUT2D eigenvalue weighted by Gasteiger charge is -2.39. The van der Waals surface area contributed by atoms with E-state index in [4.69, 9.17) is 10.5 Å². The Kier molecular flexibility index (Phi) is 4.36. The molecule has 0 amide bonds. The summed E-state index contributed by atoms with van der Waals surface area (Å²) in [6.45, 7) is 5.17. The van der Waals surface area contributed by atoms with E-state index in [9.17, 15) is 0 Å². The maximum absolute atomic E-state index is 6.57. The van der Waals surface area contributed by atoms with Gasteiger partial charge in [0.25, 0.3) is 0 Å². The molecule has 0 radical (unpaired) electrons. The van der Waals surface area contributed by atoms with Gasteiger partial charge in [-0.05, 0) is 48.4 Å². The quantitative estimate of drug-likeness (QED) is 0.929. The minimum atomic E-state index is 0.0683. The van der Waals surface area contributed by atoms with Crippen LogP contribution in [0.3, 0.4) is 0 Å². The van der Waals surface area contributed by atoms with Crippen molar-refractivity contribution in [3.63, 3.8) is 0 Å². The highest BCUT2D eigenvalue weighted by molar-refractivity contribution is 7.99. The van der Waals surface area contributed by atoms with Gasteiger partial charge in [0.2, 0.25) is 0 Å². The molecule has 3 heterocycles. The van der Waals surface area contributed by atoms with Crippen LogP contribution >= 0.6 is 23.3 Å². The maximum Gasteiger partial charge on any atom is 0.0829 e.